The SMILES string of the molecule is [C-]#[N+]/C(C#N)=C\c1cc(CCCCCC)c(-c2cc3sc4cc(-c5sccc5CCCCCC)sc4c3s2)s1. The molecule has 5 aromatic rings. The van der Waals surface area contributed by atoms with E-state index in [0.29, 0.717) is 0 Å². The van der Waals surface area contributed by atoms with Crippen molar-refractivity contribution in [3.63, 3.8) is 0 Å². The third-order valence-electron chi connectivity index (χ3n) is 6.96. The van der Waals surface area contributed by atoms with Crippen LogP contribution >= 0.6 is 56.7 Å². The molecule has 39 heavy (non-hydrogen) atoms. The van der Waals surface area contributed by atoms with Crippen LogP contribution in [0, 0.1) is 17.9 Å². The molecule has 0 unspecified atom stereocenters. The largest absolute Gasteiger partial charge is 0.263 e. The number of thiophene rings is 5. The van der Waals surface area contributed by atoms with E-state index in [4.69, 9.17) is 6.57 Å². The van der Waals surface area contributed by atoms with Gasteiger partial charge in [-0.1, -0.05) is 52.4 Å². The molecule has 0 aliphatic heterocycles. The fourth-order valence-corrected chi connectivity index (χ4v) is 11.3. The lowest BCUT2D eigenvalue weighted by Gasteiger charge is -2.02. The van der Waals surface area contributed by atoms with Gasteiger partial charge in [-0.05, 0) is 72.5 Å². The predicted octanol–water partition coefficient (Wildman–Crippen LogP) is 12.7. The zero-order chi connectivity index (χ0) is 27.2. The number of nitriles is 1. The molecule has 0 amide bonds. The van der Waals surface area contributed by atoms with Crippen LogP contribution in [-0.4, -0.2) is 0 Å². The molecule has 0 atom stereocenters. The maximum absolute atomic E-state index is 9.28. The average Bonchev–Trinajstić information content (AvgIpc) is 3.75. The molecular formula is C32H32N2S5. The Morgan fingerprint density at radius 3 is 2.08 bits per heavy atom. The normalized spacial score (nSPS) is 11.9. The van der Waals surface area contributed by atoms with Gasteiger partial charge in [-0.3, -0.25) is 0 Å². The molecule has 0 aromatic carbocycles. The highest BCUT2D eigenvalue weighted by molar-refractivity contribution is 7.41. The minimum Gasteiger partial charge on any atom is -0.227 e. The van der Waals surface area contributed by atoms with Gasteiger partial charge in [-0.2, -0.15) is 0 Å². The predicted molar refractivity (Wildman–Crippen MR) is 178 cm³/mol. The number of hydrogen-bond acceptors (Lipinski definition) is 6. The summed E-state index contributed by atoms with van der Waals surface area (Å²) >= 11 is 9.40. The molecular weight excluding hydrogens is 573 g/mol. The summed E-state index contributed by atoms with van der Waals surface area (Å²) in [4.78, 5) is 9.89. The van der Waals surface area contributed by atoms with E-state index in [9.17, 15) is 5.26 Å². The molecule has 0 N–H and O–H groups in total. The smallest absolute Gasteiger partial charge is 0.227 e. The van der Waals surface area contributed by atoms with Crippen LogP contribution in [-0.2, 0) is 12.8 Å². The van der Waals surface area contributed by atoms with Gasteiger partial charge in [-0.25, -0.2) is 10.1 Å². The maximum Gasteiger partial charge on any atom is 0.263 e. The second-order valence-electron chi connectivity index (χ2n) is 9.86. The van der Waals surface area contributed by atoms with E-state index in [0.717, 1.165) is 11.3 Å². The lowest BCUT2D eigenvalue weighted by molar-refractivity contribution is 0.668. The summed E-state index contributed by atoms with van der Waals surface area (Å²) in [7, 11) is 0. The second kappa shape index (κ2) is 13.4. The molecule has 2 nitrogen and oxygen atoms in total. The second-order valence-corrected chi connectivity index (χ2v) is 15.1. The zero-order valence-corrected chi connectivity index (χ0v) is 26.6. The van der Waals surface area contributed by atoms with Gasteiger partial charge in [0.1, 0.15) is 0 Å². The molecule has 7 heteroatoms. The van der Waals surface area contributed by atoms with Crippen molar-refractivity contribution in [2.24, 2.45) is 0 Å². The van der Waals surface area contributed by atoms with Crippen molar-refractivity contribution in [3.05, 3.63) is 62.8 Å². The summed E-state index contributed by atoms with van der Waals surface area (Å²) in [6.07, 6.45) is 14.1. The van der Waals surface area contributed by atoms with E-state index in [1.165, 1.54) is 107 Å². The zero-order valence-electron chi connectivity index (χ0n) is 22.5. The number of allylic oxidation sites excluding steroid dienone is 1. The van der Waals surface area contributed by atoms with Crippen molar-refractivity contribution in [1.29, 1.82) is 5.26 Å². The van der Waals surface area contributed by atoms with Crippen LogP contribution in [0.3, 0.4) is 0 Å². The first kappa shape index (κ1) is 28.3. The van der Waals surface area contributed by atoms with Gasteiger partial charge in [0.2, 0.25) is 0 Å². The maximum atomic E-state index is 9.28. The topological polar surface area (TPSA) is 28.1 Å². The van der Waals surface area contributed by atoms with Crippen LogP contribution in [0.25, 0.3) is 49.2 Å². The van der Waals surface area contributed by atoms with Crippen LogP contribution in [0.2, 0.25) is 0 Å². The van der Waals surface area contributed by atoms with Gasteiger partial charge < -0.3 is 0 Å². The standard InChI is InChI=1S/C32H32N2S5/c1-4-6-8-10-12-21-14-15-35-29(21)25-18-27-31(38-25)32-28(37-27)19-26(39-32)30-22(13-11-9-7-5-2)16-24(36-30)17-23(20-33)34-3/h14-19H,4-13H2,1-2H3/b23-17-. The quantitative estimate of drug-likeness (QED) is 0.0746. The Bertz CT molecular complexity index is 1650. The number of rotatable bonds is 13. The summed E-state index contributed by atoms with van der Waals surface area (Å²) in [6, 6.07) is 11.3. The van der Waals surface area contributed by atoms with E-state index in [2.05, 4.69) is 48.3 Å². The van der Waals surface area contributed by atoms with E-state index in [-0.39, 0.29) is 5.70 Å². The molecule has 0 fully saturated rings. The lowest BCUT2D eigenvalue weighted by Crippen LogP contribution is -1.85. The van der Waals surface area contributed by atoms with Gasteiger partial charge in [0.15, 0.2) is 0 Å². The third-order valence-corrected chi connectivity index (χ3v) is 13.2. The van der Waals surface area contributed by atoms with E-state index < -0.39 is 0 Å². The Balaban J connectivity index is 1.46. The van der Waals surface area contributed by atoms with Crippen molar-refractivity contribution in [2.45, 2.75) is 78.1 Å². The molecule has 0 saturated carbocycles. The number of aryl methyl sites for hydroxylation is 2. The monoisotopic (exact) mass is 604 g/mol. The highest BCUT2D eigenvalue weighted by Crippen LogP contribution is 2.50. The first-order chi connectivity index (χ1) is 19.1. The summed E-state index contributed by atoms with van der Waals surface area (Å²) in [6.45, 7) is 11.8. The van der Waals surface area contributed by atoms with E-state index in [1.54, 1.807) is 17.4 Å². The van der Waals surface area contributed by atoms with Gasteiger partial charge in [0.25, 0.3) is 5.70 Å². The first-order valence-corrected chi connectivity index (χ1v) is 17.9. The van der Waals surface area contributed by atoms with Crippen LogP contribution in [0.1, 0.15) is 81.2 Å². The van der Waals surface area contributed by atoms with Crippen molar-refractivity contribution in [3.8, 4) is 25.6 Å². The molecule has 200 valence electrons. The Kier molecular flexibility index (Phi) is 9.71. The van der Waals surface area contributed by atoms with Gasteiger partial charge in [0.05, 0.1) is 22.0 Å². The Morgan fingerprint density at radius 1 is 0.821 bits per heavy atom. The lowest BCUT2D eigenvalue weighted by atomic mass is 10.1. The van der Waals surface area contributed by atoms with Crippen LogP contribution in [0.15, 0.2) is 35.3 Å². The van der Waals surface area contributed by atoms with Crippen molar-refractivity contribution >= 4 is 81.6 Å². The first-order valence-electron chi connectivity index (χ1n) is 13.8. The average molecular weight is 605 g/mol. The van der Waals surface area contributed by atoms with Crippen molar-refractivity contribution in [1.82, 2.24) is 0 Å². The summed E-state index contributed by atoms with van der Waals surface area (Å²) < 4.78 is 5.60. The van der Waals surface area contributed by atoms with Crippen molar-refractivity contribution < 1.29 is 0 Å². The highest BCUT2D eigenvalue weighted by Gasteiger charge is 2.19. The van der Waals surface area contributed by atoms with E-state index >= 15 is 0 Å². The number of hydrogen-bond donors (Lipinski definition) is 0. The minimum atomic E-state index is 0.152. The molecule has 0 saturated heterocycles. The van der Waals surface area contributed by atoms with E-state index in [1.807, 2.05) is 51.4 Å². The molecule has 5 aromatic heterocycles. The Morgan fingerprint density at radius 2 is 1.46 bits per heavy atom. The van der Waals surface area contributed by atoms with Gasteiger partial charge in [0, 0.05) is 33.8 Å². The molecule has 0 aliphatic carbocycles. The molecule has 0 spiro atoms. The highest BCUT2D eigenvalue weighted by atomic mass is 32.1. The molecule has 0 radical (unpaired) electrons. The molecule has 0 bridgehead atoms. The minimum absolute atomic E-state index is 0.152. The number of fused-ring (bicyclic) bond motifs is 3. The summed E-state index contributed by atoms with van der Waals surface area (Å²) in [5.41, 5.74) is 3.02. The Labute approximate surface area is 251 Å². The fraction of sp³-hybridized carbons (Fsp3) is 0.375. The van der Waals surface area contributed by atoms with Gasteiger partial charge in [-0.15, -0.1) is 56.7 Å². The molecule has 5 rings (SSSR count). The van der Waals surface area contributed by atoms with Crippen LogP contribution in [0.4, 0.5) is 0 Å². The Hall–Kier alpha value is -2.26. The fourth-order valence-electron chi connectivity index (χ4n) is 4.93. The van der Waals surface area contributed by atoms with Gasteiger partial charge >= 0.3 is 0 Å². The summed E-state index contributed by atoms with van der Waals surface area (Å²) in [5.74, 6) is 0. The third kappa shape index (κ3) is 6.40. The van der Waals surface area contributed by atoms with Crippen LogP contribution in [0.5, 0.6) is 0 Å². The molecule has 0 aliphatic rings. The van der Waals surface area contributed by atoms with Crippen LogP contribution < -0.4 is 0 Å². The molecule has 5 heterocycles. The number of nitrogens with zero attached hydrogens (tertiary/aromatic N) is 2. The number of unbranched alkanes of at least 4 members (excludes halogenated alkanes) is 6. The van der Waals surface area contributed by atoms with Crippen molar-refractivity contribution in [2.75, 3.05) is 0 Å². The summed E-state index contributed by atoms with van der Waals surface area (Å²) in [5, 5.41) is 11.5.